The number of sulfone groups is 1. The third-order valence-corrected chi connectivity index (χ3v) is 7.73. The monoisotopic (exact) mass is 526 g/mol. The number of rotatable bonds is 10. The van der Waals surface area contributed by atoms with E-state index in [0.717, 1.165) is 35.6 Å². The Morgan fingerprint density at radius 1 is 0.973 bits per heavy atom. The number of aryl methyl sites for hydroxylation is 1. The van der Waals surface area contributed by atoms with Crippen LogP contribution in [0.1, 0.15) is 39.5 Å². The zero-order chi connectivity index (χ0) is 26.6. The smallest absolute Gasteiger partial charge is 0.251 e. The number of fused-ring (bicyclic) bond motifs is 1. The second-order valence-electron chi connectivity index (χ2n) is 9.03. The number of hydrogen-bond donors (Lipinski definition) is 3. The topological polar surface area (TPSA) is 95.5 Å². The Morgan fingerprint density at radius 3 is 2.43 bits per heavy atom. The molecule has 1 aliphatic rings. The predicted molar refractivity (Wildman–Crippen MR) is 138 cm³/mol. The summed E-state index contributed by atoms with van der Waals surface area (Å²) in [5.74, 6) is -2.05. The molecular weight excluding hydrogens is 498 g/mol. The molecule has 3 aromatic rings. The summed E-state index contributed by atoms with van der Waals surface area (Å²) < 4.78 is 51.6. The first kappa shape index (κ1) is 26.7. The van der Waals surface area contributed by atoms with Crippen molar-refractivity contribution in [2.24, 2.45) is 0 Å². The van der Waals surface area contributed by atoms with Crippen molar-refractivity contribution >= 4 is 21.8 Å². The Hall–Kier alpha value is -3.40. The number of aliphatic hydroxyl groups excluding tert-OH is 1. The Morgan fingerprint density at radius 2 is 1.70 bits per heavy atom. The Kier molecular flexibility index (Phi) is 8.16. The fraction of sp³-hybridized carbons (Fsp3) is 0.250. The summed E-state index contributed by atoms with van der Waals surface area (Å²) in [7, 11) is -3.50. The Labute approximate surface area is 215 Å². The molecule has 0 aromatic heterocycles. The van der Waals surface area contributed by atoms with E-state index in [1.807, 2.05) is 18.2 Å². The number of carbonyl (C=O) groups excluding carboxylic acids is 1. The second kappa shape index (κ2) is 11.3. The molecule has 0 unspecified atom stereocenters. The van der Waals surface area contributed by atoms with Crippen LogP contribution >= 0.6 is 0 Å². The van der Waals surface area contributed by atoms with Crippen LogP contribution in [0.5, 0.6) is 0 Å². The maximum absolute atomic E-state index is 13.8. The Bertz CT molecular complexity index is 1420. The summed E-state index contributed by atoms with van der Waals surface area (Å²) in [6, 6.07) is 14.4. The van der Waals surface area contributed by atoms with Crippen molar-refractivity contribution in [2.75, 3.05) is 6.54 Å². The molecule has 0 fully saturated rings. The number of aliphatic hydroxyl groups is 1. The molecular formula is C28H28F2N2O4S. The molecule has 0 aliphatic carbocycles. The minimum Gasteiger partial charge on any atom is -0.390 e. The van der Waals surface area contributed by atoms with Crippen LogP contribution in [-0.4, -0.2) is 38.1 Å². The third kappa shape index (κ3) is 6.68. The molecule has 194 valence electrons. The lowest BCUT2D eigenvalue weighted by atomic mass is 9.99. The highest BCUT2D eigenvalue weighted by molar-refractivity contribution is 7.94. The van der Waals surface area contributed by atoms with Gasteiger partial charge in [0.25, 0.3) is 5.91 Å². The molecule has 6 nitrogen and oxygen atoms in total. The summed E-state index contributed by atoms with van der Waals surface area (Å²) in [4.78, 5) is 13.2. The van der Waals surface area contributed by atoms with Crippen molar-refractivity contribution in [3.05, 3.63) is 106 Å². The summed E-state index contributed by atoms with van der Waals surface area (Å²) in [6.45, 7) is 2.67. The Balaban J connectivity index is 1.49. The van der Waals surface area contributed by atoms with Gasteiger partial charge in [-0.1, -0.05) is 31.2 Å². The van der Waals surface area contributed by atoms with Gasteiger partial charge in [-0.25, -0.2) is 17.2 Å². The number of halogens is 2. The van der Waals surface area contributed by atoms with Crippen molar-refractivity contribution < 1.29 is 27.1 Å². The summed E-state index contributed by atoms with van der Waals surface area (Å²) in [5.41, 5.74) is 3.11. The highest BCUT2D eigenvalue weighted by Crippen LogP contribution is 2.27. The van der Waals surface area contributed by atoms with E-state index in [9.17, 15) is 27.1 Å². The maximum atomic E-state index is 13.8. The molecule has 1 amide bonds. The van der Waals surface area contributed by atoms with Gasteiger partial charge < -0.3 is 15.7 Å². The van der Waals surface area contributed by atoms with Gasteiger partial charge in [0.15, 0.2) is 9.84 Å². The molecule has 0 saturated heterocycles. The minimum atomic E-state index is -3.50. The zero-order valence-electron chi connectivity index (χ0n) is 20.2. The summed E-state index contributed by atoms with van der Waals surface area (Å²) >= 11 is 0. The number of benzene rings is 3. The van der Waals surface area contributed by atoms with Crippen LogP contribution in [0.25, 0.3) is 6.08 Å². The van der Waals surface area contributed by atoms with Gasteiger partial charge in [0.1, 0.15) is 11.6 Å². The number of amides is 1. The van der Waals surface area contributed by atoms with Crippen LogP contribution in [0, 0.1) is 11.6 Å². The molecule has 0 bridgehead atoms. The van der Waals surface area contributed by atoms with Gasteiger partial charge in [-0.2, -0.15) is 0 Å². The first-order valence-electron chi connectivity index (χ1n) is 11.9. The van der Waals surface area contributed by atoms with Crippen LogP contribution in [0.4, 0.5) is 8.78 Å². The van der Waals surface area contributed by atoms with Gasteiger partial charge in [-0.15, -0.1) is 0 Å². The minimum absolute atomic E-state index is 0.0200. The standard InChI is InChI=1S/C28H28F2N2O4S/c1-2-18-4-3-5-19(10-18)16-31-17-26(33)25(13-20-11-23(29)15-24(30)12-20)32-28(34)22-6-7-27-21(14-22)8-9-37(27,35)36/h3-12,14-15,25-26,31,33H,2,13,16-17H2,1H3,(H,32,34)/t25-,26+/m0/s1. The highest BCUT2D eigenvalue weighted by atomic mass is 32.2. The highest BCUT2D eigenvalue weighted by Gasteiger charge is 2.25. The molecule has 3 N–H and O–H groups in total. The average Bonchev–Trinajstić information content (AvgIpc) is 3.16. The van der Waals surface area contributed by atoms with E-state index in [0.29, 0.717) is 12.1 Å². The third-order valence-electron chi connectivity index (χ3n) is 6.25. The van der Waals surface area contributed by atoms with E-state index in [4.69, 9.17) is 0 Å². The first-order chi connectivity index (χ1) is 17.6. The van der Waals surface area contributed by atoms with E-state index < -0.39 is 39.5 Å². The quantitative estimate of drug-likeness (QED) is 0.374. The van der Waals surface area contributed by atoms with Crippen LogP contribution in [-0.2, 0) is 29.2 Å². The van der Waals surface area contributed by atoms with E-state index >= 15 is 0 Å². The molecule has 3 aromatic carbocycles. The van der Waals surface area contributed by atoms with E-state index in [1.165, 1.54) is 29.8 Å². The maximum Gasteiger partial charge on any atom is 0.251 e. The van der Waals surface area contributed by atoms with Crippen molar-refractivity contribution in [2.45, 2.75) is 43.4 Å². The van der Waals surface area contributed by atoms with Gasteiger partial charge in [-0.3, -0.25) is 4.79 Å². The lowest BCUT2D eigenvalue weighted by Crippen LogP contribution is -2.48. The van der Waals surface area contributed by atoms with Crippen LogP contribution in [0.3, 0.4) is 0 Å². The number of hydrogen-bond acceptors (Lipinski definition) is 5. The predicted octanol–water partition coefficient (Wildman–Crippen LogP) is 3.78. The fourth-order valence-corrected chi connectivity index (χ4v) is 5.48. The lowest BCUT2D eigenvalue weighted by molar-refractivity contribution is 0.0829. The molecule has 0 saturated carbocycles. The van der Waals surface area contributed by atoms with Crippen molar-refractivity contribution in [1.29, 1.82) is 0 Å². The largest absolute Gasteiger partial charge is 0.390 e. The van der Waals surface area contributed by atoms with Gasteiger partial charge >= 0.3 is 0 Å². The van der Waals surface area contributed by atoms with Gasteiger partial charge in [0, 0.05) is 30.1 Å². The van der Waals surface area contributed by atoms with E-state index in [2.05, 4.69) is 23.6 Å². The van der Waals surface area contributed by atoms with Gasteiger partial charge in [0.2, 0.25) is 0 Å². The SMILES string of the molecule is CCc1cccc(CNC[C@@H](O)[C@H](Cc2cc(F)cc(F)c2)NC(=O)c2ccc3c(c2)C=CS3(=O)=O)c1. The molecule has 0 spiro atoms. The van der Waals surface area contributed by atoms with Crippen LogP contribution in [0.15, 0.2) is 71.0 Å². The van der Waals surface area contributed by atoms with Crippen molar-refractivity contribution in [3.63, 3.8) is 0 Å². The summed E-state index contributed by atoms with van der Waals surface area (Å²) in [5, 5.41) is 18.0. The van der Waals surface area contributed by atoms with Gasteiger partial charge in [-0.05, 0) is 71.5 Å². The molecule has 9 heteroatoms. The van der Waals surface area contributed by atoms with Gasteiger partial charge in [0.05, 0.1) is 17.0 Å². The second-order valence-corrected chi connectivity index (χ2v) is 10.8. The summed E-state index contributed by atoms with van der Waals surface area (Å²) in [6.07, 6.45) is 1.22. The van der Waals surface area contributed by atoms with Crippen LogP contribution in [0.2, 0.25) is 0 Å². The van der Waals surface area contributed by atoms with Crippen molar-refractivity contribution in [3.8, 4) is 0 Å². The zero-order valence-corrected chi connectivity index (χ0v) is 21.1. The molecule has 2 atom stereocenters. The fourth-order valence-electron chi connectivity index (χ4n) is 4.30. The normalized spacial score (nSPS) is 15.2. The average molecular weight is 527 g/mol. The number of nitrogens with one attached hydrogen (secondary N) is 2. The lowest BCUT2D eigenvalue weighted by Gasteiger charge is -2.25. The molecule has 0 radical (unpaired) electrons. The van der Waals surface area contributed by atoms with Crippen molar-refractivity contribution in [1.82, 2.24) is 10.6 Å². The van der Waals surface area contributed by atoms with E-state index in [1.54, 1.807) is 0 Å². The molecule has 1 aliphatic heterocycles. The molecule has 37 heavy (non-hydrogen) atoms. The molecule has 4 rings (SSSR count). The number of carbonyl (C=O) groups is 1. The first-order valence-corrected chi connectivity index (χ1v) is 13.5. The molecule has 1 heterocycles. The van der Waals surface area contributed by atoms with Crippen LogP contribution < -0.4 is 10.6 Å². The van der Waals surface area contributed by atoms with E-state index in [-0.39, 0.29) is 29.0 Å².